The van der Waals surface area contributed by atoms with Gasteiger partial charge in [-0.3, -0.25) is 0 Å². The Balaban J connectivity index is 2.82. The molecule has 0 unspecified atom stereocenters. The molecule has 8 heavy (non-hydrogen) atoms. The fourth-order valence-electron chi connectivity index (χ4n) is 0.401. The second-order valence-electron chi connectivity index (χ2n) is 1.91. The van der Waals surface area contributed by atoms with E-state index in [0.717, 1.165) is 13.2 Å². The van der Waals surface area contributed by atoms with Gasteiger partial charge in [-0.1, -0.05) is 12.2 Å². The van der Waals surface area contributed by atoms with Crippen LogP contribution in [0.15, 0.2) is 12.2 Å². The Hall–Kier alpha value is -0.340. The summed E-state index contributed by atoms with van der Waals surface area (Å²) in [4.78, 5) is 0. The molecule has 48 valence electrons. The quantitative estimate of drug-likeness (QED) is 0.312. The second-order valence-corrected chi connectivity index (χ2v) is 1.91. The molecule has 2 nitrogen and oxygen atoms in total. The van der Waals surface area contributed by atoms with Crippen molar-refractivity contribution in [2.24, 2.45) is 0 Å². The number of hydrogen-bond acceptors (Lipinski definition) is 2. The van der Waals surface area contributed by atoms with E-state index in [-0.39, 0.29) is 0 Å². The molecule has 0 heterocycles. The summed E-state index contributed by atoms with van der Waals surface area (Å²) in [5.74, 6) is 0. The minimum atomic E-state index is 0.854. The van der Waals surface area contributed by atoms with Gasteiger partial charge < -0.3 is 10.6 Å². The van der Waals surface area contributed by atoms with Crippen LogP contribution in [0.2, 0.25) is 0 Å². The van der Waals surface area contributed by atoms with Gasteiger partial charge in [0.1, 0.15) is 0 Å². The Morgan fingerprint density at radius 3 is 2.62 bits per heavy atom. The lowest BCUT2D eigenvalue weighted by molar-refractivity contribution is 0.664. The fraction of sp³-hybridized carbons (Fsp3) is 0.667. The Morgan fingerprint density at radius 2 is 2.25 bits per heavy atom. The topological polar surface area (TPSA) is 24.1 Å². The number of rotatable bonds is 4. The van der Waals surface area contributed by atoms with Crippen LogP contribution >= 0.6 is 0 Å². The van der Waals surface area contributed by atoms with E-state index in [1.807, 2.05) is 14.0 Å². The Kier molecular flexibility index (Phi) is 4.61. The van der Waals surface area contributed by atoms with Crippen LogP contribution in [-0.4, -0.2) is 20.3 Å². The van der Waals surface area contributed by atoms with Crippen molar-refractivity contribution < 1.29 is 0 Å². The van der Waals surface area contributed by atoms with Crippen molar-refractivity contribution >= 4 is 0 Å². The standard InChI is InChI=1S/C6H14N2/c1-6(2)4-8-5-7-3/h7-8H,1,4-5H2,2-3H3. The normalized spacial score (nSPS) is 9.25. The van der Waals surface area contributed by atoms with Crippen LogP contribution < -0.4 is 10.6 Å². The molecule has 0 saturated heterocycles. The molecule has 0 aromatic rings. The van der Waals surface area contributed by atoms with Crippen molar-refractivity contribution in [2.45, 2.75) is 6.92 Å². The minimum absolute atomic E-state index is 0.854. The molecule has 0 atom stereocenters. The summed E-state index contributed by atoms with van der Waals surface area (Å²) in [5, 5.41) is 6.09. The summed E-state index contributed by atoms with van der Waals surface area (Å²) in [7, 11) is 1.91. The van der Waals surface area contributed by atoms with Crippen LogP contribution in [-0.2, 0) is 0 Å². The largest absolute Gasteiger partial charge is 0.308 e. The predicted octanol–water partition coefficient (Wildman–Crippen LogP) is 0.329. The monoisotopic (exact) mass is 114 g/mol. The highest BCUT2D eigenvalue weighted by molar-refractivity contribution is 4.89. The highest BCUT2D eigenvalue weighted by Gasteiger charge is 1.80. The first-order valence-electron chi connectivity index (χ1n) is 2.77. The molecule has 0 aliphatic carbocycles. The summed E-state index contributed by atoms with van der Waals surface area (Å²) < 4.78 is 0. The maximum absolute atomic E-state index is 3.74. The summed E-state index contributed by atoms with van der Waals surface area (Å²) in [5.41, 5.74) is 1.17. The zero-order valence-electron chi connectivity index (χ0n) is 5.62. The van der Waals surface area contributed by atoms with Crippen molar-refractivity contribution in [1.82, 2.24) is 10.6 Å². The molecule has 0 fully saturated rings. The second kappa shape index (κ2) is 4.81. The van der Waals surface area contributed by atoms with Gasteiger partial charge in [-0.15, -0.1) is 0 Å². The third-order valence-electron chi connectivity index (χ3n) is 0.729. The molecular formula is C6H14N2. The molecule has 2 N–H and O–H groups in total. The lowest BCUT2D eigenvalue weighted by atomic mass is 10.4. The minimum Gasteiger partial charge on any atom is -0.308 e. The third-order valence-corrected chi connectivity index (χ3v) is 0.729. The summed E-state index contributed by atoms with van der Waals surface area (Å²) in [6.07, 6.45) is 0. The molecule has 0 amide bonds. The molecular weight excluding hydrogens is 100 g/mol. The van der Waals surface area contributed by atoms with Gasteiger partial charge in [0.15, 0.2) is 0 Å². The maximum Gasteiger partial charge on any atom is 0.0454 e. The van der Waals surface area contributed by atoms with Gasteiger partial charge in [0.25, 0.3) is 0 Å². The SMILES string of the molecule is C=C(C)CNCNC. The molecule has 0 spiro atoms. The molecule has 0 rings (SSSR count). The zero-order valence-corrected chi connectivity index (χ0v) is 5.62. The van der Waals surface area contributed by atoms with E-state index in [1.165, 1.54) is 5.57 Å². The Morgan fingerprint density at radius 1 is 1.62 bits per heavy atom. The van der Waals surface area contributed by atoms with Crippen LogP contribution in [0.4, 0.5) is 0 Å². The summed E-state index contributed by atoms with van der Waals surface area (Å²) in [6, 6.07) is 0. The van der Waals surface area contributed by atoms with E-state index in [9.17, 15) is 0 Å². The van der Waals surface area contributed by atoms with Crippen LogP contribution in [0.1, 0.15) is 6.92 Å². The first-order chi connectivity index (χ1) is 3.77. The van der Waals surface area contributed by atoms with Crippen LogP contribution in [0.3, 0.4) is 0 Å². The van der Waals surface area contributed by atoms with Gasteiger partial charge in [0.05, 0.1) is 0 Å². The molecule has 0 bridgehead atoms. The van der Waals surface area contributed by atoms with E-state index in [0.29, 0.717) is 0 Å². The summed E-state index contributed by atoms with van der Waals surface area (Å²) >= 11 is 0. The van der Waals surface area contributed by atoms with Crippen molar-refractivity contribution in [1.29, 1.82) is 0 Å². The van der Waals surface area contributed by atoms with Gasteiger partial charge in [-0.05, 0) is 14.0 Å². The van der Waals surface area contributed by atoms with Gasteiger partial charge in [-0.2, -0.15) is 0 Å². The fourth-order valence-corrected chi connectivity index (χ4v) is 0.401. The zero-order chi connectivity index (χ0) is 6.41. The first kappa shape index (κ1) is 7.66. The van der Waals surface area contributed by atoms with Crippen LogP contribution in [0.5, 0.6) is 0 Å². The molecule has 0 saturated carbocycles. The van der Waals surface area contributed by atoms with Crippen LogP contribution in [0.25, 0.3) is 0 Å². The van der Waals surface area contributed by atoms with Crippen molar-refractivity contribution in [3.05, 3.63) is 12.2 Å². The van der Waals surface area contributed by atoms with Crippen LogP contribution in [0, 0.1) is 0 Å². The van der Waals surface area contributed by atoms with E-state index in [2.05, 4.69) is 17.2 Å². The molecule has 0 aliphatic heterocycles. The average molecular weight is 114 g/mol. The van der Waals surface area contributed by atoms with E-state index in [1.54, 1.807) is 0 Å². The maximum atomic E-state index is 3.74. The van der Waals surface area contributed by atoms with E-state index < -0.39 is 0 Å². The van der Waals surface area contributed by atoms with Crippen molar-refractivity contribution in [3.63, 3.8) is 0 Å². The van der Waals surface area contributed by atoms with Crippen molar-refractivity contribution in [2.75, 3.05) is 20.3 Å². The lowest BCUT2D eigenvalue weighted by Crippen LogP contribution is -2.26. The van der Waals surface area contributed by atoms with E-state index in [4.69, 9.17) is 0 Å². The molecule has 2 heteroatoms. The average Bonchev–Trinajstić information content (AvgIpc) is 1.66. The van der Waals surface area contributed by atoms with Crippen molar-refractivity contribution in [3.8, 4) is 0 Å². The highest BCUT2D eigenvalue weighted by atomic mass is 15.0. The highest BCUT2D eigenvalue weighted by Crippen LogP contribution is 1.78. The summed E-state index contributed by atoms with van der Waals surface area (Å²) in [6.45, 7) is 7.50. The number of hydrogen-bond donors (Lipinski definition) is 2. The predicted molar refractivity (Wildman–Crippen MR) is 36.7 cm³/mol. The molecule has 0 aromatic carbocycles. The Labute approximate surface area is 51.0 Å². The molecule has 0 radical (unpaired) electrons. The first-order valence-corrected chi connectivity index (χ1v) is 2.77. The molecule has 0 aliphatic rings. The third kappa shape index (κ3) is 5.66. The van der Waals surface area contributed by atoms with Gasteiger partial charge >= 0.3 is 0 Å². The Bertz CT molecular complexity index is 68.9. The molecule has 0 aromatic heterocycles. The van der Waals surface area contributed by atoms with Gasteiger partial charge in [-0.25, -0.2) is 0 Å². The number of nitrogens with one attached hydrogen (secondary N) is 2. The van der Waals surface area contributed by atoms with Gasteiger partial charge in [0.2, 0.25) is 0 Å². The smallest absolute Gasteiger partial charge is 0.0454 e. The lowest BCUT2D eigenvalue weighted by Gasteiger charge is -2.00. The van der Waals surface area contributed by atoms with Gasteiger partial charge in [0, 0.05) is 13.2 Å². The van der Waals surface area contributed by atoms with E-state index >= 15 is 0 Å².